The van der Waals surface area contributed by atoms with E-state index in [2.05, 4.69) is 10.1 Å². The van der Waals surface area contributed by atoms with Gasteiger partial charge in [0.25, 0.3) is 5.89 Å². The fraction of sp³-hybridized carbons (Fsp3) is 0.444. The quantitative estimate of drug-likeness (QED) is 0.886. The van der Waals surface area contributed by atoms with Gasteiger partial charge in [0, 0.05) is 11.6 Å². The van der Waals surface area contributed by atoms with Crippen LogP contribution in [-0.2, 0) is 0 Å². The van der Waals surface area contributed by atoms with Gasteiger partial charge in [0.05, 0.1) is 13.1 Å². The van der Waals surface area contributed by atoms with Crippen LogP contribution in [-0.4, -0.2) is 36.4 Å². The van der Waals surface area contributed by atoms with Gasteiger partial charge in [-0.1, -0.05) is 23.4 Å². The minimum Gasteiger partial charge on any atom is -0.487 e. The summed E-state index contributed by atoms with van der Waals surface area (Å²) in [6.45, 7) is 6.18. The van der Waals surface area contributed by atoms with Crippen molar-refractivity contribution >= 4 is 12.2 Å². The van der Waals surface area contributed by atoms with Crippen molar-refractivity contribution in [3.05, 3.63) is 41.5 Å². The molecule has 122 valence electrons. The van der Waals surface area contributed by atoms with Crippen molar-refractivity contribution < 1.29 is 14.2 Å². The van der Waals surface area contributed by atoms with Crippen molar-refractivity contribution in [3.8, 4) is 5.75 Å². The molecule has 1 aliphatic rings. The van der Waals surface area contributed by atoms with Crippen LogP contribution in [0.15, 0.2) is 28.8 Å². The van der Waals surface area contributed by atoms with Crippen molar-refractivity contribution in [2.24, 2.45) is 0 Å². The molecule has 1 aromatic heterocycles. The highest BCUT2D eigenvalue weighted by atomic mass is 16.5. The zero-order chi connectivity index (χ0) is 15.9. The predicted molar refractivity (Wildman–Crippen MR) is 89.3 cm³/mol. The molecular weight excluding hydrogens is 290 g/mol. The second-order valence-electron chi connectivity index (χ2n) is 5.96. The maximum atomic E-state index is 5.99. The Balaban J connectivity index is 1.57. The molecule has 5 heteroatoms. The lowest BCUT2D eigenvalue weighted by atomic mass is 10.1. The molecule has 1 aliphatic heterocycles. The van der Waals surface area contributed by atoms with Crippen molar-refractivity contribution in [1.29, 1.82) is 0 Å². The number of para-hydroxylation sites is 1. The van der Waals surface area contributed by atoms with E-state index in [0.29, 0.717) is 11.7 Å². The third-order valence-corrected chi connectivity index (χ3v) is 4.14. The minimum atomic E-state index is 0.509. The van der Waals surface area contributed by atoms with Gasteiger partial charge in [-0.3, -0.25) is 0 Å². The number of aryl methyl sites for hydroxylation is 1. The molecule has 0 radical (unpaired) electrons. The molecule has 0 spiro atoms. The van der Waals surface area contributed by atoms with Crippen LogP contribution in [0.2, 0.25) is 0 Å². The summed E-state index contributed by atoms with van der Waals surface area (Å²) in [6, 6.07) is 8.03. The number of quaternary nitrogens is 1. The van der Waals surface area contributed by atoms with Crippen molar-refractivity contribution in [2.45, 2.75) is 26.2 Å². The summed E-state index contributed by atoms with van der Waals surface area (Å²) in [5.74, 6) is 2.05. The molecule has 3 rings (SSSR count). The van der Waals surface area contributed by atoms with E-state index in [1.165, 1.54) is 32.4 Å². The summed E-state index contributed by atoms with van der Waals surface area (Å²) in [4.78, 5) is 5.83. The van der Waals surface area contributed by atoms with E-state index in [1.54, 1.807) is 11.8 Å². The lowest BCUT2D eigenvalue weighted by molar-refractivity contribution is -0.904. The maximum Gasteiger partial charge on any atom is 0.250 e. The standard InChI is InChI=1S/C18H23N3O2/c1-15-19-18(23-20-15)10-9-16-7-3-4-8-17(16)22-14-13-21-11-5-2-6-12-21/h3-4,7-10H,2,5-6,11-14H2,1H3/p+1/b10-9+. The Morgan fingerprint density at radius 1 is 1.17 bits per heavy atom. The van der Waals surface area contributed by atoms with Crippen LogP contribution < -0.4 is 9.64 Å². The molecule has 0 bridgehead atoms. The van der Waals surface area contributed by atoms with E-state index in [4.69, 9.17) is 9.26 Å². The van der Waals surface area contributed by atoms with Crippen LogP contribution in [0.4, 0.5) is 0 Å². The Labute approximate surface area is 137 Å². The van der Waals surface area contributed by atoms with Crippen LogP contribution in [0.3, 0.4) is 0 Å². The normalized spacial score (nSPS) is 16.0. The van der Waals surface area contributed by atoms with Crippen molar-refractivity contribution in [3.63, 3.8) is 0 Å². The highest BCUT2D eigenvalue weighted by Crippen LogP contribution is 2.20. The molecule has 0 aliphatic carbocycles. The van der Waals surface area contributed by atoms with Crippen molar-refractivity contribution in [2.75, 3.05) is 26.2 Å². The molecule has 0 saturated carbocycles. The Hall–Kier alpha value is -2.14. The predicted octanol–water partition coefficient (Wildman–Crippen LogP) is 2.00. The van der Waals surface area contributed by atoms with Crippen LogP contribution in [0.5, 0.6) is 5.75 Å². The highest BCUT2D eigenvalue weighted by Gasteiger charge is 2.13. The Morgan fingerprint density at radius 3 is 2.78 bits per heavy atom. The summed E-state index contributed by atoms with van der Waals surface area (Å²) < 4.78 is 11.1. The van der Waals surface area contributed by atoms with Crippen molar-refractivity contribution in [1.82, 2.24) is 10.1 Å². The van der Waals surface area contributed by atoms with E-state index in [9.17, 15) is 0 Å². The van der Waals surface area contributed by atoms with E-state index >= 15 is 0 Å². The third-order valence-electron chi connectivity index (χ3n) is 4.14. The van der Waals surface area contributed by atoms with E-state index in [0.717, 1.165) is 24.5 Å². The first-order valence-corrected chi connectivity index (χ1v) is 8.35. The summed E-state index contributed by atoms with van der Waals surface area (Å²) in [5.41, 5.74) is 1.02. The number of rotatable bonds is 6. The number of nitrogens with zero attached hydrogens (tertiary/aromatic N) is 2. The Kier molecular flexibility index (Phi) is 5.42. The third kappa shape index (κ3) is 4.66. The van der Waals surface area contributed by atoms with E-state index in [1.807, 2.05) is 36.4 Å². The van der Waals surface area contributed by atoms with Gasteiger partial charge in [-0.15, -0.1) is 0 Å². The smallest absolute Gasteiger partial charge is 0.250 e. The molecule has 1 aromatic carbocycles. The van der Waals surface area contributed by atoms with E-state index in [-0.39, 0.29) is 0 Å². The number of likely N-dealkylation sites (tertiary alicyclic amines) is 1. The van der Waals surface area contributed by atoms with Gasteiger partial charge in [-0.25, -0.2) is 0 Å². The first-order valence-electron chi connectivity index (χ1n) is 8.35. The second kappa shape index (κ2) is 7.92. The molecule has 5 nitrogen and oxygen atoms in total. The topological polar surface area (TPSA) is 52.6 Å². The minimum absolute atomic E-state index is 0.509. The molecular formula is C18H24N3O2+. The number of aromatic nitrogens is 2. The highest BCUT2D eigenvalue weighted by molar-refractivity contribution is 5.69. The zero-order valence-electron chi connectivity index (χ0n) is 13.6. The molecule has 1 N–H and O–H groups in total. The van der Waals surface area contributed by atoms with E-state index < -0.39 is 0 Å². The summed E-state index contributed by atoms with van der Waals surface area (Å²) in [6.07, 6.45) is 7.85. The fourth-order valence-corrected chi connectivity index (χ4v) is 2.90. The van der Waals surface area contributed by atoms with Crippen LogP contribution in [0.25, 0.3) is 12.2 Å². The molecule has 0 amide bonds. The van der Waals surface area contributed by atoms with Gasteiger partial charge in [0.1, 0.15) is 18.9 Å². The van der Waals surface area contributed by atoms with Crippen LogP contribution in [0, 0.1) is 6.92 Å². The number of hydrogen-bond donors (Lipinski definition) is 1. The summed E-state index contributed by atoms with van der Waals surface area (Å²) >= 11 is 0. The average Bonchev–Trinajstić information content (AvgIpc) is 3.00. The average molecular weight is 314 g/mol. The second-order valence-corrected chi connectivity index (χ2v) is 5.96. The molecule has 0 unspecified atom stereocenters. The van der Waals surface area contributed by atoms with Crippen LogP contribution in [0.1, 0.15) is 36.5 Å². The van der Waals surface area contributed by atoms with Gasteiger partial charge >= 0.3 is 0 Å². The largest absolute Gasteiger partial charge is 0.487 e. The number of hydrogen-bond acceptors (Lipinski definition) is 4. The maximum absolute atomic E-state index is 5.99. The monoisotopic (exact) mass is 314 g/mol. The lowest BCUT2D eigenvalue weighted by Gasteiger charge is -2.23. The molecule has 2 heterocycles. The first-order chi connectivity index (χ1) is 11.3. The molecule has 23 heavy (non-hydrogen) atoms. The Bertz CT molecular complexity index is 645. The molecule has 2 aromatic rings. The van der Waals surface area contributed by atoms with Gasteiger partial charge in [0.15, 0.2) is 5.82 Å². The van der Waals surface area contributed by atoms with Gasteiger partial charge in [-0.05, 0) is 38.3 Å². The lowest BCUT2D eigenvalue weighted by Crippen LogP contribution is -3.13. The summed E-state index contributed by atoms with van der Waals surface area (Å²) in [5, 5.41) is 3.78. The van der Waals surface area contributed by atoms with Gasteiger partial charge < -0.3 is 14.2 Å². The number of ether oxygens (including phenoxy) is 1. The number of piperidine rings is 1. The zero-order valence-corrected chi connectivity index (χ0v) is 13.6. The van der Waals surface area contributed by atoms with Gasteiger partial charge in [-0.2, -0.15) is 4.98 Å². The van der Waals surface area contributed by atoms with Gasteiger partial charge in [0.2, 0.25) is 0 Å². The molecule has 1 fully saturated rings. The summed E-state index contributed by atoms with van der Waals surface area (Å²) in [7, 11) is 0. The van der Waals surface area contributed by atoms with Crippen LogP contribution >= 0.6 is 0 Å². The first kappa shape index (κ1) is 15.7. The number of nitrogens with one attached hydrogen (secondary N) is 1. The number of benzene rings is 1. The molecule has 1 saturated heterocycles. The Morgan fingerprint density at radius 2 is 2.00 bits per heavy atom. The SMILES string of the molecule is Cc1noc(/C=C/c2ccccc2OCC[NH+]2CCCCC2)n1. The molecule has 0 atom stereocenters. The fourth-order valence-electron chi connectivity index (χ4n) is 2.90.